The maximum atomic E-state index is 12.4. The van der Waals surface area contributed by atoms with Crippen LogP contribution in [0.4, 0.5) is 5.69 Å². The summed E-state index contributed by atoms with van der Waals surface area (Å²) in [7, 11) is 0. The van der Waals surface area contributed by atoms with Gasteiger partial charge >= 0.3 is 0 Å². The Labute approximate surface area is 187 Å². The minimum atomic E-state index is -0.818. The van der Waals surface area contributed by atoms with E-state index in [4.69, 9.17) is 44.6 Å². The van der Waals surface area contributed by atoms with Crippen molar-refractivity contribution in [2.45, 2.75) is 13.0 Å². The number of ether oxygens (including phenoxy) is 1. The van der Waals surface area contributed by atoms with Crippen LogP contribution < -0.4 is 15.4 Å². The van der Waals surface area contributed by atoms with Crippen LogP contribution in [0.2, 0.25) is 10.0 Å². The van der Waals surface area contributed by atoms with Gasteiger partial charge in [0.25, 0.3) is 5.91 Å². The average molecular weight is 459 g/mol. The predicted molar refractivity (Wildman–Crippen MR) is 125 cm³/mol. The maximum absolute atomic E-state index is 12.4. The topological polar surface area (TPSA) is 63.5 Å². The largest absolute Gasteiger partial charge is 0.479 e. The van der Waals surface area contributed by atoms with Gasteiger partial charge < -0.3 is 14.5 Å². The van der Waals surface area contributed by atoms with Gasteiger partial charge in [0.2, 0.25) is 0 Å². The molecule has 0 radical (unpaired) electrons. The van der Waals surface area contributed by atoms with E-state index >= 15 is 0 Å². The number of hydrogen-bond acceptors (Lipinski definition) is 4. The molecular formula is C22H16Cl2N2O3S. The van der Waals surface area contributed by atoms with Crippen LogP contribution in [0.25, 0.3) is 21.9 Å². The molecule has 3 aromatic carbocycles. The summed E-state index contributed by atoms with van der Waals surface area (Å²) < 4.78 is 11.5. The Balaban J connectivity index is 1.41. The van der Waals surface area contributed by atoms with E-state index in [1.807, 2.05) is 42.5 Å². The normalized spacial score (nSPS) is 12.0. The number of thiocarbonyl (C=S) groups is 1. The van der Waals surface area contributed by atoms with Gasteiger partial charge in [-0.1, -0.05) is 41.4 Å². The lowest BCUT2D eigenvalue weighted by Gasteiger charge is -2.16. The number of carbonyl (C=O) groups excluding carboxylic acids is 1. The summed E-state index contributed by atoms with van der Waals surface area (Å²) in [5.74, 6) is -0.0544. The highest BCUT2D eigenvalue weighted by Crippen LogP contribution is 2.30. The van der Waals surface area contributed by atoms with Crippen LogP contribution in [0.5, 0.6) is 5.75 Å². The van der Waals surface area contributed by atoms with Gasteiger partial charge in [-0.2, -0.15) is 0 Å². The monoisotopic (exact) mass is 458 g/mol. The number of para-hydroxylation sites is 1. The van der Waals surface area contributed by atoms with Crippen LogP contribution in [-0.2, 0) is 4.79 Å². The second kappa shape index (κ2) is 8.52. The van der Waals surface area contributed by atoms with Crippen molar-refractivity contribution in [3.05, 3.63) is 70.7 Å². The van der Waals surface area contributed by atoms with E-state index in [1.54, 1.807) is 25.1 Å². The number of furan rings is 1. The summed E-state index contributed by atoms with van der Waals surface area (Å²) in [6.07, 6.45) is -0.818. The third-order valence-corrected chi connectivity index (χ3v) is 5.17. The molecule has 0 aliphatic rings. The smallest absolute Gasteiger partial charge is 0.266 e. The number of hydrogen-bond donors (Lipinski definition) is 2. The molecule has 1 aromatic heterocycles. The van der Waals surface area contributed by atoms with Crippen molar-refractivity contribution in [2.75, 3.05) is 5.32 Å². The van der Waals surface area contributed by atoms with Gasteiger partial charge in [0.15, 0.2) is 11.2 Å². The average Bonchev–Trinajstić information content (AvgIpc) is 3.07. The molecule has 0 saturated carbocycles. The highest BCUT2D eigenvalue weighted by Gasteiger charge is 2.18. The number of amides is 1. The molecule has 1 atom stereocenters. The van der Waals surface area contributed by atoms with E-state index in [2.05, 4.69) is 10.6 Å². The first-order valence-electron chi connectivity index (χ1n) is 9.05. The maximum Gasteiger partial charge on any atom is 0.266 e. The van der Waals surface area contributed by atoms with Gasteiger partial charge in [-0.15, -0.1) is 0 Å². The van der Waals surface area contributed by atoms with E-state index in [1.165, 1.54) is 0 Å². The fraction of sp³-hybridized carbons (Fsp3) is 0.0909. The Morgan fingerprint density at radius 2 is 1.80 bits per heavy atom. The van der Waals surface area contributed by atoms with E-state index in [0.717, 1.165) is 21.9 Å². The van der Waals surface area contributed by atoms with Gasteiger partial charge in [0.1, 0.15) is 16.9 Å². The lowest BCUT2D eigenvalue weighted by atomic mass is 10.1. The van der Waals surface area contributed by atoms with Crippen molar-refractivity contribution in [3.8, 4) is 5.75 Å². The Morgan fingerprint density at radius 3 is 2.60 bits per heavy atom. The van der Waals surface area contributed by atoms with Crippen LogP contribution in [0.3, 0.4) is 0 Å². The zero-order valence-corrected chi connectivity index (χ0v) is 18.1. The molecule has 5 nitrogen and oxygen atoms in total. The van der Waals surface area contributed by atoms with Crippen LogP contribution in [0.1, 0.15) is 6.92 Å². The number of benzene rings is 3. The molecule has 0 bridgehead atoms. The van der Waals surface area contributed by atoms with Gasteiger partial charge in [0, 0.05) is 27.5 Å². The summed E-state index contributed by atoms with van der Waals surface area (Å²) in [6.45, 7) is 1.60. The molecule has 0 saturated heterocycles. The molecule has 0 fully saturated rings. The van der Waals surface area contributed by atoms with E-state index in [0.29, 0.717) is 21.5 Å². The summed E-state index contributed by atoms with van der Waals surface area (Å²) in [4.78, 5) is 12.4. The highest BCUT2D eigenvalue weighted by molar-refractivity contribution is 7.80. The van der Waals surface area contributed by atoms with E-state index < -0.39 is 12.0 Å². The molecule has 0 aliphatic heterocycles. The fourth-order valence-corrected chi connectivity index (χ4v) is 3.67. The summed E-state index contributed by atoms with van der Waals surface area (Å²) in [6, 6.07) is 18.3. The molecule has 1 amide bonds. The van der Waals surface area contributed by atoms with Crippen molar-refractivity contribution in [1.29, 1.82) is 0 Å². The lowest BCUT2D eigenvalue weighted by molar-refractivity contribution is -0.125. The van der Waals surface area contributed by atoms with Crippen molar-refractivity contribution < 1.29 is 13.9 Å². The van der Waals surface area contributed by atoms with E-state index in [-0.39, 0.29) is 5.11 Å². The first kappa shape index (κ1) is 20.5. The molecule has 1 heterocycles. The van der Waals surface area contributed by atoms with Gasteiger partial charge in [-0.05, 0) is 55.5 Å². The number of nitrogens with one attached hydrogen (secondary N) is 2. The molecule has 1 unspecified atom stereocenters. The molecule has 0 aliphatic carbocycles. The number of carbonyl (C=O) groups is 1. The summed E-state index contributed by atoms with van der Waals surface area (Å²) in [5.41, 5.74) is 2.23. The van der Waals surface area contributed by atoms with Crippen LogP contribution in [0, 0.1) is 0 Å². The second-order valence-electron chi connectivity index (χ2n) is 6.59. The second-order valence-corrected chi connectivity index (χ2v) is 7.84. The Bertz CT molecular complexity index is 1270. The molecule has 4 rings (SSSR count). The Hall–Kier alpha value is -2.80. The fourth-order valence-electron chi connectivity index (χ4n) is 2.99. The predicted octanol–water partition coefficient (Wildman–Crippen LogP) is 6.17. The summed E-state index contributed by atoms with van der Waals surface area (Å²) in [5, 5.41) is 8.60. The highest BCUT2D eigenvalue weighted by atomic mass is 35.5. The van der Waals surface area contributed by atoms with Crippen LogP contribution in [-0.4, -0.2) is 17.1 Å². The third kappa shape index (κ3) is 4.36. The van der Waals surface area contributed by atoms with Gasteiger partial charge in [0.05, 0.1) is 5.02 Å². The molecular weight excluding hydrogens is 443 g/mol. The standard InChI is InChI=1S/C22H16Cl2N2O3S/c1-12(28-19-9-6-13(23)10-17(19)24)21(27)26-22(30)25-14-7-8-16-15-4-2-3-5-18(15)29-20(16)11-14/h2-12H,1H3,(H2,25,26,27,30). The van der Waals surface area contributed by atoms with Gasteiger partial charge in [-0.25, -0.2) is 0 Å². The minimum Gasteiger partial charge on any atom is -0.479 e. The van der Waals surface area contributed by atoms with E-state index in [9.17, 15) is 4.79 Å². The zero-order chi connectivity index (χ0) is 21.3. The third-order valence-electron chi connectivity index (χ3n) is 4.44. The first-order valence-corrected chi connectivity index (χ1v) is 10.2. The van der Waals surface area contributed by atoms with Crippen molar-refractivity contribution in [3.63, 3.8) is 0 Å². The van der Waals surface area contributed by atoms with Crippen LogP contribution in [0.15, 0.2) is 65.1 Å². The molecule has 30 heavy (non-hydrogen) atoms. The molecule has 2 N–H and O–H groups in total. The Kier molecular flexibility index (Phi) is 5.81. The molecule has 152 valence electrons. The number of fused-ring (bicyclic) bond motifs is 3. The SMILES string of the molecule is CC(Oc1ccc(Cl)cc1Cl)C(=O)NC(=S)Nc1ccc2c(c1)oc1ccccc12. The first-order chi connectivity index (χ1) is 14.4. The quantitative estimate of drug-likeness (QED) is 0.357. The number of halogens is 2. The molecule has 4 aromatic rings. The van der Waals surface area contributed by atoms with Gasteiger partial charge in [-0.3, -0.25) is 10.1 Å². The van der Waals surface area contributed by atoms with Crippen molar-refractivity contribution in [1.82, 2.24) is 5.32 Å². The number of rotatable bonds is 4. The molecule has 0 spiro atoms. The lowest BCUT2D eigenvalue weighted by Crippen LogP contribution is -2.42. The Morgan fingerprint density at radius 1 is 1.03 bits per heavy atom. The van der Waals surface area contributed by atoms with Crippen molar-refractivity contribution in [2.24, 2.45) is 0 Å². The summed E-state index contributed by atoms with van der Waals surface area (Å²) >= 11 is 17.2. The van der Waals surface area contributed by atoms with Crippen molar-refractivity contribution >= 4 is 74.1 Å². The minimum absolute atomic E-state index is 0.146. The zero-order valence-electron chi connectivity index (χ0n) is 15.7. The number of anilines is 1. The van der Waals surface area contributed by atoms with Crippen LogP contribution >= 0.6 is 35.4 Å². The molecule has 8 heteroatoms.